The van der Waals surface area contributed by atoms with Gasteiger partial charge in [-0.1, -0.05) is 22.9 Å². The standard InChI is InChI=1S/C16H13ClN4O2S/c1-23-13-8-2-10(3-9-13)14-20-21-16(24-14)19-15(22)18-12-6-4-11(17)5-7-12/h2-9H,1H3,(H2,18,19,21,22). The van der Waals surface area contributed by atoms with Crippen LogP contribution in [0.4, 0.5) is 15.6 Å². The topological polar surface area (TPSA) is 76.1 Å². The van der Waals surface area contributed by atoms with E-state index in [2.05, 4.69) is 20.8 Å². The number of rotatable bonds is 4. The van der Waals surface area contributed by atoms with Crippen LogP contribution in [-0.2, 0) is 0 Å². The third-order valence-corrected chi connectivity index (χ3v) is 4.22. The van der Waals surface area contributed by atoms with E-state index in [0.29, 0.717) is 20.8 Å². The minimum atomic E-state index is -0.394. The lowest BCUT2D eigenvalue weighted by atomic mass is 10.2. The first-order valence-corrected chi connectivity index (χ1v) is 8.15. The van der Waals surface area contributed by atoms with Crippen LogP contribution in [0.5, 0.6) is 5.75 Å². The fourth-order valence-electron chi connectivity index (χ4n) is 1.92. The van der Waals surface area contributed by atoms with Crippen molar-refractivity contribution in [2.24, 2.45) is 0 Å². The van der Waals surface area contributed by atoms with Crippen molar-refractivity contribution < 1.29 is 9.53 Å². The summed E-state index contributed by atoms with van der Waals surface area (Å²) in [4.78, 5) is 12.0. The van der Waals surface area contributed by atoms with Gasteiger partial charge in [-0.05, 0) is 48.5 Å². The fourth-order valence-corrected chi connectivity index (χ4v) is 2.79. The largest absolute Gasteiger partial charge is 0.497 e. The zero-order valence-electron chi connectivity index (χ0n) is 12.6. The molecule has 1 heterocycles. The molecule has 0 aliphatic heterocycles. The number of nitrogens with zero attached hydrogens (tertiary/aromatic N) is 2. The van der Waals surface area contributed by atoms with Gasteiger partial charge in [-0.25, -0.2) is 4.79 Å². The van der Waals surface area contributed by atoms with E-state index in [1.165, 1.54) is 11.3 Å². The highest BCUT2D eigenvalue weighted by Crippen LogP contribution is 2.27. The molecular weight excluding hydrogens is 348 g/mol. The average molecular weight is 361 g/mol. The lowest BCUT2D eigenvalue weighted by Crippen LogP contribution is -2.19. The second kappa shape index (κ2) is 7.29. The molecule has 0 saturated heterocycles. The molecule has 0 aliphatic rings. The zero-order chi connectivity index (χ0) is 16.9. The second-order valence-corrected chi connectivity index (χ2v) is 6.14. The van der Waals surface area contributed by atoms with Crippen LogP contribution in [-0.4, -0.2) is 23.3 Å². The molecule has 0 unspecified atom stereocenters. The Balaban J connectivity index is 1.64. The Hall–Kier alpha value is -2.64. The Morgan fingerprint density at radius 2 is 1.75 bits per heavy atom. The van der Waals surface area contributed by atoms with Crippen LogP contribution in [0.2, 0.25) is 5.02 Å². The zero-order valence-corrected chi connectivity index (χ0v) is 14.2. The number of benzene rings is 2. The molecule has 3 rings (SSSR count). The number of urea groups is 1. The quantitative estimate of drug-likeness (QED) is 0.717. The first-order chi connectivity index (χ1) is 11.6. The van der Waals surface area contributed by atoms with Crippen LogP contribution in [0.15, 0.2) is 48.5 Å². The van der Waals surface area contributed by atoms with Gasteiger partial charge in [-0.2, -0.15) is 0 Å². The molecule has 0 fully saturated rings. The maximum atomic E-state index is 12.0. The minimum Gasteiger partial charge on any atom is -0.497 e. The Labute approximate surface area is 147 Å². The molecule has 1 aromatic heterocycles. The van der Waals surface area contributed by atoms with E-state index in [1.54, 1.807) is 31.4 Å². The van der Waals surface area contributed by atoms with Gasteiger partial charge in [0.25, 0.3) is 0 Å². The fraction of sp³-hybridized carbons (Fsp3) is 0.0625. The second-order valence-electron chi connectivity index (χ2n) is 4.73. The van der Waals surface area contributed by atoms with E-state index < -0.39 is 6.03 Å². The predicted molar refractivity (Wildman–Crippen MR) is 96.0 cm³/mol. The highest BCUT2D eigenvalue weighted by atomic mass is 35.5. The molecule has 0 spiro atoms. The number of hydrogen-bond acceptors (Lipinski definition) is 5. The summed E-state index contributed by atoms with van der Waals surface area (Å²) in [6, 6.07) is 13.9. The summed E-state index contributed by atoms with van der Waals surface area (Å²) in [6.07, 6.45) is 0. The summed E-state index contributed by atoms with van der Waals surface area (Å²) in [5.41, 5.74) is 1.54. The molecule has 2 amide bonds. The molecule has 2 aromatic carbocycles. The van der Waals surface area contributed by atoms with E-state index in [1.807, 2.05) is 24.3 Å². The molecular formula is C16H13ClN4O2S. The molecule has 3 aromatic rings. The van der Waals surface area contributed by atoms with Crippen molar-refractivity contribution in [3.05, 3.63) is 53.6 Å². The normalized spacial score (nSPS) is 10.2. The van der Waals surface area contributed by atoms with Crippen molar-refractivity contribution in [1.82, 2.24) is 10.2 Å². The predicted octanol–water partition coefficient (Wildman–Crippen LogP) is 4.51. The summed E-state index contributed by atoms with van der Waals surface area (Å²) in [5, 5.41) is 15.1. The van der Waals surface area contributed by atoms with Gasteiger partial charge in [-0.15, -0.1) is 10.2 Å². The number of ether oxygens (including phenoxy) is 1. The smallest absolute Gasteiger partial charge is 0.325 e. The maximum absolute atomic E-state index is 12.0. The third-order valence-electron chi connectivity index (χ3n) is 3.08. The first kappa shape index (κ1) is 16.2. The Kier molecular flexibility index (Phi) is 4.93. The summed E-state index contributed by atoms with van der Waals surface area (Å²) in [6.45, 7) is 0. The number of halogens is 1. The lowest BCUT2D eigenvalue weighted by molar-refractivity contribution is 0.262. The molecule has 0 bridgehead atoms. The first-order valence-electron chi connectivity index (χ1n) is 6.95. The third kappa shape index (κ3) is 4.01. The van der Waals surface area contributed by atoms with E-state index in [-0.39, 0.29) is 0 Å². The van der Waals surface area contributed by atoms with Gasteiger partial charge in [0.05, 0.1) is 7.11 Å². The van der Waals surface area contributed by atoms with Crippen molar-refractivity contribution >= 4 is 39.8 Å². The number of methoxy groups -OCH3 is 1. The highest BCUT2D eigenvalue weighted by Gasteiger charge is 2.10. The van der Waals surface area contributed by atoms with Crippen LogP contribution in [0.25, 0.3) is 10.6 Å². The molecule has 2 N–H and O–H groups in total. The Morgan fingerprint density at radius 3 is 2.42 bits per heavy atom. The van der Waals surface area contributed by atoms with Crippen molar-refractivity contribution in [2.45, 2.75) is 0 Å². The number of carbonyl (C=O) groups is 1. The van der Waals surface area contributed by atoms with E-state index >= 15 is 0 Å². The number of carbonyl (C=O) groups excluding carboxylic acids is 1. The summed E-state index contributed by atoms with van der Waals surface area (Å²) < 4.78 is 5.12. The monoisotopic (exact) mass is 360 g/mol. The summed E-state index contributed by atoms with van der Waals surface area (Å²) in [7, 11) is 1.61. The number of aromatic nitrogens is 2. The van der Waals surface area contributed by atoms with Gasteiger partial charge in [0.2, 0.25) is 5.13 Å². The van der Waals surface area contributed by atoms with Crippen LogP contribution in [0, 0.1) is 0 Å². The van der Waals surface area contributed by atoms with Crippen molar-refractivity contribution in [1.29, 1.82) is 0 Å². The molecule has 0 saturated carbocycles. The van der Waals surface area contributed by atoms with Gasteiger partial charge < -0.3 is 10.1 Å². The van der Waals surface area contributed by atoms with Crippen molar-refractivity contribution in [3.63, 3.8) is 0 Å². The van der Waals surface area contributed by atoms with Crippen molar-refractivity contribution in [2.75, 3.05) is 17.7 Å². The molecule has 6 nitrogen and oxygen atoms in total. The lowest BCUT2D eigenvalue weighted by Gasteiger charge is -2.04. The van der Waals surface area contributed by atoms with Crippen LogP contribution in [0.3, 0.4) is 0 Å². The average Bonchev–Trinajstić information content (AvgIpc) is 3.05. The van der Waals surface area contributed by atoms with Gasteiger partial charge in [-0.3, -0.25) is 5.32 Å². The number of anilines is 2. The molecule has 24 heavy (non-hydrogen) atoms. The molecule has 122 valence electrons. The van der Waals surface area contributed by atoms with E-state index in [0.717, 1.165) is 11.3 Å². The number of amides is 2. The van der Waals surface area contributed by atoms with Gasteiger partial charge >= 0.3 is 6.03 Å². The van der Waals surface area contributed by atoms with E-state index in [4.69, 9.17) is 16.3 Å². The molecule has 8 heteroatoms. The van der Waals surface area contributed by atoms with Gasteiger partial charge in [0.1, 0.15) is 10.8 Å². The van der Waals surface area contributed by atoms with E-state index in [9.17, 15) is 4.79 Å². The Morgan fingerprint density at radius 1 is 1.04 bits per heavy atom. The summed E-state index contributed by atoms with van der Waals surface area (Å²) in [5.74, 6) is 0.768. The van der Waals surface area contributed by atoms with Crippen LogP contribution >= 0.6 is 22.9 Å². The number of nitrogens with one attached hydrogen (secondary N) is 2. The van der Waals surface area contributed by atoms with Crippen molar-refractivity contribution in [3.8, 4) is 16.3 Å². The maximum Gasteiger partial charge on any atom is 0.325 e. The van der Waals surface area contributed by atoms with Crippen LogP contribution in [0.1, 0.15) is 0 Å². The van der Waals surface area contributed by atoms with Gasteiger partial charge in [0, 0.05) is 16.3 Å². The SMILES string of the molecule is COc1ccc(-c2nnc(NC(=O)Nc3ccc(Cl)cc3)s2)cc1. The van der Waals surface area contributed by atoms with Crippen LogP contribution < -0.4 is 15.4 Å². The number of hydrogen-bond donors (Lipinski definition) is 2. The minimum absolute atomic E-state index is 0.394. The molecule has 0 radical (unpaired) electrons. The summed E-state index contributed by atoms with van der Waals surface area (Å²) >= 11 is 7.09. The highest BCUT2D eigenvalue weighted by molar-refractivity contribution is 7.18. The molecule has 0 atom stereocenters. The Bertz CT molecular complexity index is 834. The van der Waals surface area contributed by atoms with Gasteiger partial charge in [0.15, 0.2) is 0 Å². The molecule has 0 aliphatic carbocycles.